The van der Waals surface area contributed by atoms with Crippen molar-refractivity contribution in [3.63, 3.8) is 0 Å². The number of piperazine rings is 2. The van der Waals surface area contributed by atoms with Crippen molar-refractivity contribution in [1.82, 2.24) is 57.4 Å². The zero-order valence-electron chi connectivity index (χ0n) is 30.1. The Labute approximate surface area is 307 Å². The van der Waals surface area contributed by atoms with E-state index in [9.17, 15) is 16.8 Å². The van der Waals surface area contributed by atoms with Crippen LogP contribution in [0.3, 0.4) is 0 Å². The monoisotopic (exact) mass is 762 g/mol. The van der Waals surface area contributed by atoms with Crippen molar-refractivity contribution >= 4 is 43.0 Å². The summed E-state index contributed by atoms with van der Waals surface area (Å²) in [4.78, 5) is 13.4. The van der Waals surface area contributed by atoms with Gasteiger partial charge in [0.15, 0.2) is 22.9 Å². The molecule has 0 saturated carbocycles. The molecule has 18 nitrogen and oxygen atoms in total. The molecule has 6 aromatic rings. The number of fused-ring (bicyclic) bond motifs is 3. The highest BCUT2D eigenvalue weighted by molar-refractivity contribution is 7.89. The van der Waals surface area contributed by atoms with Gasteiger partial charge in [-0.2, -0.15) is 18.8 Å². The van der Waals surface area contributed by atoms with Crippen LogP contribution in [0.15, 0.2) is 59.1 Å². The lowest BCUT2D eigenvalue weighted by atomic mass is 10.2. The van der Waals surface area contributed by atoms with Crippen molar-refractivity contribution in [2.24, 2.45) is 7.05 Å². The fourth-order valence-electron chi connectivity index (χ4n) is 7.24. The Kier molecular flexibility index (Phi) is 8.94. The number of nitrogens with zero attached hydrogens (tertiary/aromatic N) is 14. The Balaban J connectivity index is 0.000000151. The Morgan fingerprint density at radius 1 is 0.623 bits per heavy atom. The molecule has 0 spiro atoms. The van der Waals surface area contributed by atoms with Crippen molar-refractivity contribution in [3.8, 4) is 0 Å². The smallest absolute Gasteiger partial charge is 0.246 e. The first kappa shape index (κ1) is 35.1. The second-order valence-electron chi connectivity index (χ2n) is 13.5. The minimum absolute atomic E-state index is 0.280. The normalized spacial score (nSPS) is 17.4. The minimum atomic E-state index is -3.53. The molecule has 3 aliphatic rings. The summed E-state index contributed by atoms with van der Waals surface area (Å²) >= 11 is 0. The van der Waals surface area contributed by atoms with E-state index in [1.54, 1.807) is 44.4 Å². The molecule has 9 heterocycles. The van der Waals surface area contributed by atoms with Crippen molar-refractivity contribution in [2.75, 3.05) is 62.2 Å². The van der Waals surface area contributed by atoms with Gasteiger partial charge in [0, 0.05) is 90.7 Å². The van der Waals surface area contributed by atoms with E-state index in [0.717, 1.165) is 59.1 Å². The van der Waals surface area contributed by atoms with Gasteiger partial charge >= 0.3 is 0 Å². The molecular weight excluding hydrogens is 721 g/mol. The van der Waals surface area contributed by atoms with Crippen LogP contribution >= 0.6 is 0 Å². The van der Waals surface area contributed by atoms with E-state index in [-0.39, 0.29) is 4.90 Å². The van der Waals surface area contributed by atoms with E-state index in [1.807, 2.05) is 43.1 Å². The lowest BCUT2D eigenvalue weighted by molar-refractivity contribution is 0.382. The topological polar surface area (TPSA) is 177 Å². The molecule has 3 aliphatic heterocycles. The Bertz CT molecular complexity index is 2520. The zero-order chi connectivity index (χ0) is 37.1. The summed E-state index contributed by atoms with van der Waals surface area (Å²) in [5, 5.41) is 17.6. The molecule has 0 atom stereocenters. The minimum Gasteiger partial charge on any atom is -0.352 e. The number of aryl methyl sites for hydroxylation is 4. The third-order valence-corrected chi connectivity index (χ3v) is 14.2. The first-order chi connectivity index (χ1) is 25.4. The van der Waals surface area contributed by atoms with Gasteiger partial charge in [-0.05, 0) is 56.9 Å². The third-order valence-electron chi connectivity index (χ3n) is 10.3. The van der Waals surface area contributed by atoms with Gasteiger partial charge in [0.25, 0.3) is 0 Å². The summed E-state index contributed by atoms with van der Waals surface area (Å²) in [5.74, 6) is 1.74. The van der Waals surface area contributed by atoms with Crippen LogP contribution in [0.5, 0.6) is 0 Å². The largest absolute Gasteiger partial charge is 0.352 e. The van der Waals surface area contributed by atoms with Crippen LogP contribution in [0.4, 0.5) is 11.6 Å². The molecule has 6 aromatic heterocycles. The molecule has 280 valence electrons. The maximum Gasteiger partial charge on any atom is 0.246 e. The van der Waals surface area contributed by atoms with Gasteiger partial charge in [-0.25, -0.2) is 35.8 Å². The van der Waals surface area contributed by atoms with Gasteiger partial charge in [0.2, 0.25) is 20.0 Å². The average Bonchev–Trinajstić information content (AvgIpc) is 3.99. The van der Waals surface area contributed by atoms with E-state index >= 15 is 0 Å². The molecule has 2 fully saturated rings. The Hall–Kier alpha value is -4.92. The average molecular weight is 763 g/mol. The number of hydrogen-bond acceptors (Lipinski definition) is 12. The summed E-state index contributed by atoms with van der Waals surface area (Å²) < 4.78 is 62.0. The number of anilines is 2. The first-order valence-corrected chi connectivity index (χ1v) is 20.5. The molecule has 9 rings (SSSR count). The third kappa shape index (κ3) is 6.32. The molecule has 0 amide bonds. The summed E-state index contributed by atoms with van der Waals surface area (Å²) in [6, 6.07) is 3.99. The molecule has 0 bridgehead atoms. The second-order valence-corrected chi connectivity index (χ2v) is 17.4. The van der Waals surface area contributed by atoms with Gasteiger partial charge < -0.3 is 9.80 Å². The van der Waals surface area contributed by atoms with Gasteiger partial charge in [-0.1, -0.05) is 0 Å². The van der Waals surface area contributed by atoms with Gasteiger partial charge in [0.1, 0.15) is 9.79 Å². The highest BCUT2D eigenvalue weighted by Crippen LogP contribution is 2.28. The van der Waals surface area contributed by atoms with E-state index in [1.165, 1.54) is 16.7 Å². The molecule has 2 saturated heterocycles. The molecule has 0 aromatic carbocycles. The highest BCUT2D eigenvalue weighted by atomic mass is 32.2. The predicted octanol–water partition coefficient (Wildman–Crippen LogP) is 1.28. The molecular formula is C33H42N14O4S2. The van der Waals surface area contributed by atoms with Crippen molar-refractivity contribution in [1.29, 1.82) is 0 Å². The molecule has 0 radical (unpaired) electrons. The Morgan fingerprint density at radius 2 is 1.11 bits per heavy atom. The summed E-state index contributed by atoms with van der Waals surface area (Å²) in [5.41, 5.74) is 5.19. The van der Waals surface area contributed by atoms with Crippen molar-refractivity contribution in [3.05, 3.63) is 71.8 Å². The van der Waals surface area contributed by atoms with Crippen LogP contribution in [0.2, 0.25) is 0 Å². The fraction of sp³-hybridized carbons (Fsp3) is 0.455. The fourth-order valence-corrected chi connectivity index (χ4v) is 10.5. The van der Waals surface area contributed by atoms with E-state index in [4.69, 9.17) is 0 Å². The van der Waals surface area contributed by atoms with Crippen molar-refractivity contribution < 1.29 is 16.8 Å². The van der Waals surface area contributed by atoms with Crippen LogP contribution in [0.25, 0.3) is 11.3 Å². The zero-order valence-corrected chi connectivity index (χ0v) is 31.7. The maximum atomic E-state index is 13.1. The van der Waals surface area contributed by atoms with E-state index in [2.05, 4.69) is 40.2 Å². The van der Waals surface area contributed by atoms with Gasteiger partial charge in [-0.15, -0.1) is 10.2 Å². The van der Waals surface area contributed by atoms with Crippen LogP contribution in [-0.2, 0) is 40.1 Å². The molecule has 53 heavy (non-hydrogen) atoms. The van der Waals surface area contributed by atoms with Gasteiger partial charge in [0.05, 0.1) is 23.8 Å². The predicted molar refractivity (Wildman–Crippen MR) is 196 cm³/mol. The van der Waals surface area contributed by atoms with E-state index < -0.39 is 20.0 Å². The van der Waals surface area contributed by atoms with E-state index in [0.29, 0.717) is 62.9 Å². The number of hydrogen-bond donors (Lipinski definition) is 0. The number of aromatic nitrogens is 10. The lowest BCUT2D eigenvalue weighted by Crippen LogP contribution is -2.49. The molecule has 20 heteroatoms. The molecule has 0 aliphatic carbocycles. The van der Waals surface area contributed by atoms with Crippen molar-refractivity contribution in [2.45, 2.75) is 49.9 Å². The van der Waals surface area contributed by atoms with Crippen LogP contribution in [-0.4, -0.2) is 127 Å². The number of rotatable bonds is 6. The van der Waals surface area contributed by atoms with Crippen LogP contribution in [0, 0.1) is 20.8 Å². The number of sulfonamides is 2. The summed E-state index contributed by atoms with van der Waals surface area (Å²) in [6.07, 6.45) is 11.7. The Morgan fingerprint density at radius 3 is 1.60 bits per heavy atom. The standard InChI is InChI=1S/C17H21N7O2S.C16H21N7O2S/c1-13-11-16-18-4-6-24(16)20-17(13)21-7-9-22(10-8-21)27(25,26)15-12-19-23-5-2-3-14(15)23;1-12-10-15-17-4-5-23(15)19-16(12)21-6-8-22(9-7-21)26(24,25)14-11-18-20(3)13(14)2/h4,6,11-12H,2-3,5,7-10H2,1H3;4-5,10-11H,6-9H2,1-3H3. The lowest BCUT2D eigenvalue weighted by Gasteiger charge is -2.35. The molecule has 0 N–H and O–H groups in total. The quantitative estimate of drug-likeness (QED) is 0.238. The maximum absolute atomic E-state index is 13.1. The van der Waals surface area contributed by atoms with Gasteiger partial charge in [-0.3, -0.25) is 9.36 Å². The number of imidazole rings is 2. The summed E-state index contributed by atoms with van der Waals surface area (Å²) in [7, 11) is -5.28. The second kappa shape index (κ2) is 13.5. The SMILES string of the molecule is Cc1cc2nccn2nc1N1CCN(S(=O)(=O)c2cnn(C)c2C)CC1.Cc1cc2nccn2nc1N1CCN(S(=O)(=O)c2cnn3c2CCC3)CC1. The highest BCUT2D eigenvalue weighted by Gasteiger charge is 2.34. The van der Waals surface area contributed by atoms with Crippen LogP contribution in [0.1, 0.15) is 28.9 Å². The van der Waals surface area contributed by atoms with Crippen LogP contribution < -0.4 is 9.80 Å². The molecule has 0 unspecified atom stereocenters. The first-order valence-electron chi connectivity index (χ1n) is 17.6. The summed E-state index contributed by atoms with van der Waals surface area (Å²) in [6.45, 7) is 10.7.